The van der Waals surface area contributed by atoms with E-state index in [1.807, 2.05) is 19.1 Å². The molecule has 0 fully saturated rings. The molecule has 1 aliphatic carbocycles. The number of allylic oxidation sites excluding steroid dienone is 1. The SMILES string of the molecule is CCCCCCCCCOC(=O)C1(C)C=CCCC1C(=O)OCCC(C)CC(C)(C)C. The van der Waals surface area contributed by atoms with Crippen molar-refractivity contribution in [2.24, 2.45) is 22.7 Å². The van der Waals surface area contributed by atoms with Gasteiger partial charge in [0.15, 0.2) is 0 Å². The highest BCUT2D eigenvalue weighted by molar-refractivity contribution is 5.87. The summed E-state index contributed by atoms with van der Waals surface area (Å²) in [5.41, 5.74) is -0.650. The van der Waals surface area contributed by atoms with Gasteiger partial charge in [-0.05, 0) is 50.4 Å². The van der Waals surface area contributed by atoms with Crippen LogP contribution in [0.3, 0.4) is 0 Å². The predicted octanol–water partition coefficient (Wildman–Crippen LogP) is 7.26. The smallest absolute Gasteiger partial charge is 0.316 e. The van der Waals surface area contributed by atoms with Gasteiger partial charge in [0.25, 0.3) is 0 Å². The fourth-order valence-electron chi connectivity index (χ4n) is 4.57. The first-order valence-electron chi connectivity index (χ1n) is 12.6. The Bertz CT molecular complexity index is 560. The normalized spacial score (nSPS) is 22.2. The lowest BCUT2D eigenvalue weighted by Gasteiger charge is -2.34. The molecule has 0 spiro atoms. The zero-order valence-electron chi connectivity index (χ0n) is 21.1. The van der Waals surface area contributed by atoms with Crippen molar-refractivity contribution in [3.05, 3.63) is 12.2 Å². The van der Waals surface area contributed by atoms with E-state index < -0.39 is 11.3 Å². The van der Waals surface area contributed by atoms with Crippen LogP contribution in [0.1, 0.15) is 112 Å². The van der Waals surface area contributed by atoms with Crippen LogP contribution < -0.4 is 0 Å². The Morgan fingerprint density at radius 3 is 2.32 bits per heavy atom. The fraction of sp³-hybridized carbons (Fsp3) is 0.852. The van der Waals surface area contributed by atoms with Gasteiger partial charge in [-0.1, -0.05) is 85.3 Å². The zero-order chi connectivity index (χ0) is 23.3. The van der Waals surface area contributed by atoms with Crippen LogP contribution in [0.25, 0.3) is 0 Å². The van der Waals surface area contributed by atoms with Gasteiger partial charge in [-0.15, -0.1) is 0 Å². The van der Waals surface area contributed by atoms with E-state index in [0.717, 1.165) is 32.1 Å². The summed E-state index contributed by atoms with van der Waals surface area (Å²) in [4.78, 5) is 25.7. The van der Waals surface area contributed by atoms with Crippen LogP contribution in [-0.2, 0) is 19.1 Å². The first-order valence-corrected chi connectivity index (χ1v) is 12.6. The molecule has 4 heteroatoms. The van der Waals surface area contributed by atoms with Crippen LogP contribution in [0.2, 0.25) is 0 Å². The molecule has 0 aliphatic heterocycles. The largest absolute Gasteiger partial charge is 0.465 e. The standard InChI is InChI=1S/C27H48O4/c1-7-8-9-10-11-12-15-19-31-25(29)27(6)18-14-13-16-23(27)24(28)30-20-17-22(2)21-26(3,4)5/h14,18,22-23H,7-13,15-17,19-21H2,1-6H3. The second-order valence-electron chi connectivity index (χ2n) is 10.9. The van der Waals surface area contributed by atoms with Gasteiger partial charge in [0.05, 0.1) is 24.5 Å². The number of rotatable bonds is 14. The van der Waals surface area contributed by atoms with Gasteiger partial charge in [0.1, 0.15) is 0 Å². The van der Waals surface area contributed by atoms with Gasteiger partial charge in [0.2, 0.25) is 0 Å². The molecule has 0 saturated carbocycles. The fourth-order valence-corrected chi connectivity index (χ4v) is 4.57. The highest BCUT2D eigenvalue weighted by atomic mass is 16.5. The van der Waals surface area contributed by atoms with Gasteiger partial charge in [-0.3, -0.25) is 9.59 Å². The average molecular weight is 437 g/mol. The topological polar surface area (TPSA) is 52.6 Å². The van der Waals surface area contributed by atoms with Crippen molar-refractivity contribution in [1.82, 2.24) is 0 Å². The monoisotopic (exact) mass is 436 g/mol. The molecule has 1 aliphatic rings. The van der Waals surface area contributed by atoms with Crippen LogP contribution in [0.4, 0.5) is 0 Å². The van der Waals surface area contributed by atoms with Gasteiger partial charge in [-0.25, -0.2) is 0 Å². The third-order valence-electron chi connectivity index (χ3n) is 6.33. The molecule has 0 saturated heterocycles. The summed E-state index contributed by atoms with van der Waals surface area (Å²) in [6.07, 6.45) is 15.5. The lowest BCUT2D eigenvalue weighted by Crippen LogP contribution is -2.42. The van der Waals surface area contributed by atoms with Gasteiger partial charge >= 0.3 is 11.9 Å². The minimum absolute atomic E-state index is 0.261. The van der Waals surface area contributed by atoms with Gasteiger partial charge in [0, 0.05) is 0 Å². The predicted molar refractivity (Wildman–Crippen MR) is 128 cm³/mol. The molecule has 0 radical (unpaired) electrons. The third kappa shape index (κ3) is 10.7. The maximum atomic E-state index is 12.9. The van der Waals surface area contributed by atoms with E-state index in [2.05, 4.69) is 34.6 Å². The number of carbonyl (C=O) groups is 2. The number of hydrogen-bond acceptors (Lipinski definition) is 4. The third-order valence-corrected chi connectivity index (χ3v) is 6.33. The molecule has 31 heavy (non-hydrogen) atoms. The number of hydrogen-bond donors (Lipinski definition) is 0. The van der Waals surface area contributed by atoms with E-state index in [9.17, 15) is 9.59 Å². The molecule has 3 atom stereocenters. The minimum Gasteiger partial charge on any atom is -0.465 e. The number of unbranched alkanes of at least 4 members (excludes halogenated alkanes) is 6. The molecule has 0 amide bonds. The Balaban J connectivity index is 2.45. The molecule has 0 heterocycles. The molecule has 0 N–H and O–H groups in total. The Hall–Kier alpha value is -1.32. The molecule has 0 aromatic carbocycles. The second-order valence-corrected chi connectivity index (χ2v) is 10.9. The summed E-state index contributed by atoms with van der Waals surface area (Å²) < 4.78 is 11.2. The first-order chi connectivity index (χ1) is 14.6. The lowest BCUT2D eigenvalue weighted by atomic mass is 9.71. The molecule has 0 aromatic rings. The van der Waals surface area contributed by atoms with Crippen molar-refractivity contribution in [3.63, 3.8) is 0 Å². The summed E-state index contributed by atoms with van der Waals surface area (Å²) in [6, 6.07) is 0. The second kappa shape index (κ2) is 14.0. The van der Waals surface area contributed by atoms with Crippen LogP contribution in [0.5, 0.6) is 0 Å². The quantitative estimate of drug-likeness (QED) is 0.163. The van der Waals surface area contributed by atoms with Gasteiger partial charge < -0.3 is 9.47 Å². The molecule has 180 valence electrons. The highest BCUT2D eigenvalue weighted by Gasteiger charge is 2.46. The zero-order valence-corrected chi connectivity index (χ0v) is 21.1. The first kappa shape index (κ1) is 27.7. The summed E-state index contributed by atoms with van der Waals surface area (Å²) in [6.45, 7) is 13.8. The van der Waals surface area contributed by atoms with Crippen molar-refractivity contribution in [3.8, 4) is 0 Å². The van der Waals surface area contributed by atoms with E-state index in [4.69, 9.17) is 9.47 Å². The molecule has 1 rings (SSSR count). The molecule has 0 aromatic heterocycles. The number of carbonyl (C=O) groups excluding carboxylic acids is 2. The van der Waals surface area contributed by atoms with E-state index in [1.54, 1.807) is 0 Å². The summed E-state index contributed by atoms with van der Waals surface area (Å²) >= 11 is 0. The molecular weight excluding hydrogens is 388 g/mol. The molecular formula is C27H48O4. The van der Waals surface area contributed by atoms with E-state index >= 15 is 0 Å². The van der Waals surface area contributed by atoms with Crippen molar-refractivity contribution in [1.29, 1.82) is 0 Å². The minimum atomic E-state index is -0.923. The summed E-state index contributed by atoms with van der Waals surface area (Å²) in [7, 11) is 0. The van der Waals surface area contributed by atoms with Crippen molar-refractivity contribution >= 4 is 11.9 Å². The van der Waals surface area contributed by atoms with E-state index in [1.165, 1.54) is 32.1 Å². The van der Waals surface area contributed by atoms with Crippen LogP contribution in [-0.4, -0.2) is 25.2 Å². The van der Waals surface area contributed by atoms with Crippen LogP contribution in [0.15, 0.2) is 12.2 Å². The maximum Gasteiger partial charge on any atom is 0.316 e. The van der Waals surface area contributed by atoms with E-state index in [0.29, 0.717) is 25.6 Å². The lowest BCUT2D eigenvalue weighted by molar-refractivity contribution is -0.166. The molecule has 4 nitrogen and oxygen atoms in total. The Kier molecular flexibility index (Phi) is 12.5. The summed E-state index contributed by atoms with van der Waals surface area (Å²) in [5, 5.41) is 0. The van der Waals surface area contributed by atoms with Crippen LogP contribution >= 0.6 is 0 Å². The molecule has 3 unspecified atom stereocenters. The maximum absolute atomic E-state index is 12.9. The van der Waals surface area contributed by atoms with Crippen LogP contribution in [0, 0.1) is 22.7 Å². The van der Waals surface area contributed by atoms with E-state index in [-0.39, 0.29) is 17.4 Å². The van der Waals surface area contributed by atoms with Crippen molar-refractivity contribution in [2.45, 2.75) is 112 Å². The number of ether oxygens (including phenoxy) is 2. The molecule has 0 bridgehead atoms. The Morgan fingerprint density at radius 2 is 1.68 bits per heavy atom. The van der Waals surface area contributed by atoms with Crippen molar-refractivity contribution in [2.75, 3.05) is 13.2 Å². The summed E-state index contributed by atoms with van der Waals surface area (Å²) in [5.74, 6) is -0.519. The van der Waals surface area contributed by atoms with Gasteiger partial charge in [-0.2, -0.15) is 0 Å². The number of esters is 2. The Labute approximate surface area is 191 Å². The average Bonchev–Trinajstić information content (AvgIpc) is 2.68. The Morgan fingerprint density at radius 1 is 1.03 bits per heavy atom. The van der Waals surface area contributed by atoms with Crippen molar-refractivity contribution < 1.29 is 19.1 Å². The highest BCUT2D eigenvalue weighted by Crippen LogP contribution is 2.39.